The molecule has 1 amide bonds. The Labute approximate surface area is 115 Å². The molecule has 0 aliphatic carbocycles. The standard InChI is InChI=1S/C12H17N5OS/c1-3-14-12-16-10(15-5-4-9(13)18)8-6-7(2)19-11(8)17-12/h6H,3-5H2,1-2H3,(H2,13,18)(H2,14,15,16,17). The van der Waals surface area contributed by atoms with Crippen LogP contribution in [0.4, 0.5) is 11.8 Å². The van der Waals surface area contributed by atoms with Crippen LogP contribution in [0.15, 0.2) is 6.07 Å². The van der Waals surface area contributed by atoms with Crippen molar-refractivity contribution < 1.29 is 4.79 Å². The van der Waals surface area contributed by atoms with Gasteiger partial charge in [0.15, 0.2) is 0 Å². The van der Waals surface area contributed by atoms with Crippen LogP contribution in [0.5, 0.6) is 0 Å². The number of hydrogen-bond acceptors (Lipinski definition) is 6. The molecule has 0 atom stereocenters. The van der Waals surface area contributed by atoms with Gasteiger partial charge in [0.25, 0.3) is 0 Å². The van der Waals surface area contributed by atoms with E-state index in [4.69, 9.17) is 5.73 Å². The number of amides is 1. The van der Waals surface area contributed by atoms with Crippen LogP contribution >= 0.6 is 11.3 Å². The first kappa shape index (κ1) is 13.5. The van der Waals surface area contributed by atoms with Gasteiger partial charge in [-0.2, -0.15) is 4.98 Å². The van der Waals surface area contributed by atoms with Gasteiger partial charge in [-0.3, -0.25) is 4.79 Å². The number of rotatable bonds is 6. The molecular weight excluding hydrogens is 262 g/mol. The average molecular weight is 279 g/mol. The van der Waals surface area contributed by atoms with Gasteiger partial charge in [-0.25, -0.2) is 4.98 Å². The van der Waals surface area contributed by atoms with E-state index >= 15 is 0 Å². The Kier molecular flexibility index (Phi) is 4.16. The van der Waals surface area contributed by atoms with Crippen LogP contribution in [0.1, 0.15) is 18.2 Å². The van der Waals surface area contributed by atoms with E-state index < -0.39 is 0 Å². The summed E-state index contributed by atoms with van der Waals surface area (Å²) in [5.74, 6) is 1.01. The Morgan fingerprint density at radius 3 is 2.89 bits per heavy atom. The quantitative estimate of drug-likeness (QED) is 0.748. The lowest BCUT2D eigenvalue weighted by molar-refractivity contribution is -0.117. The van der Waals surface area contributed by atoms with Gasteiger partial charge < -0.3 is 16.4 Å². The third-order valence-electron chi connectivity index (χ3n) is 2.51. The first-order valence-corrected chi connectivity index (χ1v) is 6.96. The minimum atomic E-state index is -0.328. The molecule has 7 heteroatoms. The summed E-state index contributed by atoms with van der Waals surface area (Å²) in [6.07, 6.45) is 0.283. The van der Waals surface area contributed by atoms with Crippen molar-refractivity contribution in [2.75, 3.05) is 23.7 Å². The molecule has 0 aromatic carbocycles. The second-order valence-corrected chi connectivity index (χ2v) is 5.38. The summed E-state index contributed by atoms with van der Waals surface area (Å²) in [4.78, 5) is 21.8. The van der Waals surface area contributed by atoms with Crippen LogP contribution in [0, 0.1) is 6.92 Å². The molecule has 6 nitrogen and oxygen atoms in total. The number of carbonyl (C=O) groups is 1. The molecule has 0 unspecified atom stereocenters. The maximum Gasteiger partial charge on any atom is 0.226 e. The smallest absolute Gasteiger partial charge is 0.226 e. The van der Waals surface area contributed by atoms with Crippen molar-refractivity contribution in [1.29, 1.82) is 0 Å². The van der Waals surface area contributed by atoms with E-state index in [2.05, 4.69) is 20.6 Å². The van der Waals surface area contributed by atoms with Crippen molar-refractivity contribution >= 4 is 39.2 Å². The van der Waals surface area contributed by atoms with Gasteiger partial charge in [-0.1, -0.05) is 0 Å². The molecule has 2 aromatic rings. The van der Waals surface area contributed by atoms with Crippen molar-refractivity contribution in [3.63, 3.8) is 0 Å². The zero-order valence-corrected chi connectivity index (χ0v) is 11.8. The fourth-order valence-electron chi connectivity index (χ4n) is 1.72. The Morgan fingerprint density at radius 2 is 2.21 bits per heavy atom. The summed E-state index contributed by atoms with van der Waals surface area (Å²) >= 11 is 1.62. The molecule has 0 fully saturated rings. The lowest BCUT2D eigenvalue weighted by Gasteiger charge is -2.08. The highest BCUT2D eigenvalue weighted by Crippen LogP contribution is 2.29. The Bertz CT molecular complexity index is 595. The minimum Gasteiger partial charge on any atom is -0.370 e. The van der Waals surface area contributed by atoms with Gasteiger partial charge in [0.2, 0.25) is 11.9 Å². The SMILES string of the molecule is CCNc1nc(NCCC(N)=O)c2cc(C)sc2n1. The van der Waals surface area contributed by atoms with Crippen molar-refractivity contribution in [2.24, 2.45) is 5.73 Å². The number of hydrogen-bond donors (Lipinski definition) is 3. The summed E-state index contributed by atoms with van der Waals surface area (Å²) < 4.78 is 0. The molecule has 2 rings (SSSR count). The fourth-order valence-corrected chi connectivity index (χ4v) is 2.60. The molecule has 2 heterocycles. The number of carbonyl (C=O) groups excluding carboxylic acids is 1. The molecule has 19 heavy (non-hydrogen) atoms. The molecule has 4 N–H and O–H groups in total. The van der Waals surface area contributed by atoms with E-state index in [0.29, 0.717) is 12.5 Å². The molecule has 0 bridgehead atoms. The first-order valence-electron chi connectivity index (χ1n) is 6.14. The lowest BCUT2D eigenvalue weighted by atomic mass is 10.3. The van der Waals surface area contributed by atoms with E-state index in [-0.39, 0.29) is 12.3 Å². The van der Waals surface area contributed by atoms with Gasteiger partial charge in [0.1, 0.15) is 10.6 Å². The van der Waals surface area contributed by atoms with Crippen molar-refractivity contribution in [3.8, 4) is 0 Å². The monoisotopic (exact) mass is 279 g/mol. The third kappa shape index (κ3) is 3.31. The predicted octanol–water partition coefficient (Wildman–Crippen LogP) is 1.72. The molecule has 2 aromatic heterocycles. The average Bonchev–Trinajstić information content (AvgIpc) is 2.69. The summed E-state index contributed by atoms with van der Waals surface area (Å²) in [5.41, 5.74) is 5.13. The van der Waals surface area contributed by atoms with Gasteiger partial charge in [0.05, 0.1) is 5.39 Å². The largest absolute Gasteiger partial charge is 0.370 e. The zero-order chi connectivity index (χ0) is 13.8. The molecule has 0 aliphatic heterocycles. The second-order valence-electron chi connectivity index (χ2n) is 4.15. The lowest BCUT2D eigenvalue weighted by Crippen LogP contribution is -2.16. The maximum atomic E-state index is 10.8. The van der Waals surface area contributed by atoms with Crippen molar-refractivity contribution in [1.82, 2.24) is 9.97 Å². The molecule has 102 valence electrons. The summed E-state index contributed by atoms with van der Waals surface area (Å²) in [7, 11) is 0. The van der Waals surface area contributed by atoms with Gasteiger partial charge in [0, 0.05) is 24.4 Å². The summed E-state index contributed by atoms with van der Waals surface area (Å²) in [5, 5.41) is 7.23. The zero-order valence-electron chi connectivity index (χ0n) is 11.0. The van der Waals surface area contributed by atoms with E-state index in [1.165, 1.54) is 4.88 Å². The highest BCUT2D eigenvalue weighted by molar-refractivity contribution is 7.18. The van der Waals surface area contributed by atoms with Crippen molar-refractivity contribution in [2.45, 2.75) is 20.3 Å². The van der Waals surface area contributed by atoms with Crippen LogP contribution in [0.3, 0.4) is 0 Å². The Morgan fingerprint density at radius 1 is 1.42 bits per heavy atom. The van der Waals surface area contributed by atoms with Gasteiger partial charge >= 0.3 is 0 Å². The minimum absolute atomic E-state index is 0.283. The number of primary amides is 1. The van der Waals surface area contributed by atoms with E-state index in [1.807, 2.05) is 19.9 Å². The highest BCUT2D eigenvalue weighted by Gasteiger charge is 2.10. The van der Waals surface area contributed by atoms with E-state index in [1.54, 1.807) is 11.3 Å². The molecule has 0 saturated heterocycles. The summed E-state index contributed by atoms with van der Waals surface area (Å²) in [6, 6.07) is 2.04. The maximum absolute atomic E-state index is 10.8. The second kappa shape index (κ2) is 5.83. The van der Waals surface area contributed by atoms with Crippen LogP contribution < -0.4 is 16.4 Å². The van der Waals surface area contributed by atoms with Gasteiger partial charge in [-0.15, -0.1) is 11.3 Å². The van der Waals surface area contributed by atoms with Crippen LogP contribution in [0.2, 0.25) is 0 Å². The normalized spacial score (nSPS) is 10.6. The van der Waals surface area contributed by atoms with E-state index in [0.717, 1.165) is 22.6 Å². The molecule has 0 spiro atoms. The summed E-state index contributed by atoms with van der Waals surface area (Å²) in [6.45, 7) is 5.26. The molecular formula is C12H17N5OS. The van der Waals surface area contributed by atoms with Crippen LogP contribution in [0.25, 0.3) is 10.2 Å². The Balaban J connectivity index is 2.30. The third-order valence-corrected chi connectivity index (χ3v) is 3.46. The number of aromatic nitrogens is 2. The van der Waals surface area contributed by atoms with Crippen molar-refractivity contribution in [3.05, 3.63) is 10.9 Å². The number of thiophene rings is 1. The number of fused-ring (bicyclic) bond motifs is 1. The van der Waals surface area contributed by atoms with E-state index in [9.17, 15) is 4.79 Å². The molecule has 0 radical (unpaired) electrons. The number of aryl methyl sites for hydroxylation is 1. The number of nitrogens with one attached hydrogen (secondary N) is 2. The molecule has 0 aliphatic rings. The first-order chi connectivity index (χ1) is 9.10. The van der Waals surface area contributed by atoms with Crippen LogP contribution in [-0.4, -0.2) is 29.0 Å². The molecule has 0 saturated carbocycles. The fraction of sp³-hybridized carbons (Fsp3) is 0.417. The number of nitrogens with two attached hydrogens (primary N) is 1. The van der Waals surface area contributed by atoms with Gasteiger partial charge in [-0.05, 0) is 19.9 Å². The predicted molar refractivity (Wildman–Crippen MR) is 78.6 cm³/mol. The van der Waals surface area contributed by atoms with Crippen LogP contribution in [-0.2, 0) is 4.79 Å². The highest BCUT2D eigenvalue weighted by atomic mass is 32.1. The Hall–Kier alpha value is -1.89. The number of nitrogens with zero attached hydrogens (tertiary/aromatic N) is 2. The topological polar surface area (TPSA) is 92.9 Å². The number of anilines is 2.